The Kier molecular flexibility index (Phi) is 4.19. The molecule has 6 nitrogen and oxygen atoms in total. The van der Waals surface area contributed by atoms with Gasteiger partial charge in [0.25, 0.3) is 5.91 Å². The monoisotopic (exact) mass is 386 g/mol. The first-order valence-electron chi connectivity index (χ1n) is 8.17. The van der Waals surface area contributed by atoms with Crippen LogP contribution in [-0.2, 0) is 14.3 Å². The molecule has 0 aromatic rings. The molecular weight excluding hydrogens is 364 g/mol. The van der Waals surface area contributed by atoms with E-state index in [-0.39, 0.29) is 15.7 Å². The van der Waals surface area contributed by atoms with Crippen LogP contribution in [0.25, 0.3) is 0 Å². The van der Waals surface area contributed by atoms with Gasteiger partial charge in [-0.1, -0.05) is 15.9 Å². The zero-order valence-electron chi connectivity index (χ0n) is 13.3. The summed E-state index contributed by atoms with van der Waals surface area (Å²) in [5.41, 5.74) is 4.90. The van der Waals surface area contributed by atoms with E-state index in [1.165, 1.54) is 26.2 Å². The normalized spacial score (nSPS) is 38.9. The zero-order chi connectivity index (χ0) is 16.8. The van der Waals surface area contributed by atoms with E-state index in [0.29, 0.717) is 18.3 Å². The molecule has 0 aromatic heterocycles. The summed E-state index contributed by atoms with van der Waals surface area (Å²) in [5, 5.41) is 1.93. The van der Waals surface area contributed by atoms with Crippen molar-refractivity contribution in [3.05, 3.63) is 0 Å². The largest absolute Gasteiger partial charge is 0.453 e. The molecule has 4 fully saturated rings. The van der Waals surface area contributed by atoms with Crippen LogP contribution in [0.3, 0.4) is 0 Å². The molecular formula is C16H23BrN2O4. The van der Waals surface area contributed by atoms with E-state index in [9.17, 15) is 14.4 Å². The number of nitrogens with two attached hydrogens (primary N) is 1. The number of halogens is 1. The number of amides is 3. The molecule has 4 rings (SSSR count). The van der Waals surface area contributed by atoms with Crippen LogP contribution >= 0.6 is 15.9 Å². The Morgan fingerprint density at radius 3 is 2.39 bits per heavy atom. The van der Waals surface area contributed by atoms with Crippen molar-refractivity contribution in [3.8, 4) is 0 Å². The molecule has 128 valence electrons. The van der Waals surface area contributed by atoms with Crippen molar-refractivity contribution < 1.29 is 19.1 Å². The summed E-state index contributed by atoms with van der Waals surface area (Å²) >= 11 is 3.92. The number of imide groups is 1. The highest BCUT2D eigenvalue weighted by molar-refractivity contribution is 9.10. The average molecular weight is 387 g/mol. The Morgan fingerprint density at radius 2 is 1.87 bits per heavy atom. The number of carbonyl (C=O) groups excluding carboxylic acids is 3. The summed E-state index contributed by atoms with van der Waals surface area (Å²) in [6.07, 6.45) is 6.19. The number of esters is 1. The van der Waals surface area contributed by atoms with Crippen molar-refractivity contribution in [1.29, 1.82) is 0 Å². The highest BCUT2D eigenvalue weighted by atomic mass is 79.9. The standard InChI is InChI=1S/C16H23BrN2O4/c1-9(13(21)19-14(18)22)23-12(20)7-15-3-10-2-11(4-15)6-16(17,5-10)8-15/h9-11H,2-8H2,1H3,(H3,18,19,21,22)/t9-,10-,11+,15?,16?/m0/s1. The Labute approximate surface area is 144 Å². The number of rotatable bonds is 4. The van der Waals surface area contributed by atoms with Crippen molar-refractivity contribution in [2.75, 3.05) is 0 Å². The van der Waals surface area contributed by atoms with E-state index in [2.05, 4.69) is 15.9 Å². The lowest BCUT2D eigenvalue weighted by molar-refractivity contribution is -0.160. The van der Waals surface area contributed by atoms with Crippen LogP contribution in [0.15, 0.2) is 0 Å². The minimum atomic E-state index is -1.01. The molecule has 0 aromatic carbocycles. The van der Waals surface area contributed by atoms with Crippen molar-refractivity contribution in [2.45, 2.75) is 62.3 Å². The number of carbonyl (C=O) groups is 3. The van der Waals surface area contributed by atoms with Crippen LogP contribution < -0.4 is 11.1 Å². The predicted octanol–water partition coefficient (Wildman–Crippen LogP) is 2.24. The Bertz CT molecular complexity index is 536. The predicted molar refractivity (Wildman–Crippen MR) is 86.7 cm³/mol. The van der Waals surface area contributed by atoms with Crippen LogP contribution in [0, 0.1) is 17.3 Å². The number of hydrogen-bond acceptors (Lipinski definition) is 4. The van der Waals surface area contributed by atoms with E-state index in [4.69, 9.17) is 10.5 Å². The highest BCUT2D eigenvalue weighted by Crippen LogP contribution is 2.65. The fourth-order valence-corrected chi connectivity index (χ4v) is 6.87. The Morgan fingerprint density at radius 1 is 1.26 bits per heavy atom. The molecule has 0 aliphatic heterocycles. The molecule has 3 N–H and O–H groups in total. The Hall–Kier alpha value is -1.11. The molecule has 0 saturated heterocycles. The van der Waals surface area contributed by atoms with Gasteiger partial charge in [0.2, 0.25) is 0 Å². The topological polar surface area (TPSA) is 98.5 Å². The first kappa shape index (κ1) is 16.7. The van der Waals surface area contributed by atoms with Crippen LogP contribution in [0.4, 0.5) is 4.79 Å². The zero-order valence-corrected chi connectivity index (χ0v) is 14.9. The van der Waals surface area contributed by atoms with Gasteiger partial charge in [-0.05, 0) is 62.7 Å². The first-order chi connectivity index (χ1) is 10.7. The fraction of sp³-hybridized carbons (Fsp3) is 0.812. The van der Waals surface area contributed by atoms with Gasteiger partial charge in [-0.15, -0.1) is 0 Å². The van der Waals surface area contributed by atoms with E-state index in [0.717, 1.165) is 19.3 Å². The lowest BCUT2D eigenvalue weighted by Gasteiger charge is -2.60. The summed E-state index contributed by atoms with van der Waals surface area (Å²) in [6.45, 7) is 1.45. The summed E-state index contributed by atoms with van der Waals surface area (Å²) < 4.78 is 5.40. The number of urea groups is 1. The van der Waals surface area contributed by atoms with Crippen molar-refractivity contribution >= 4 is 33.8 Å². The van der Waals surface area contributed by atoms with Gasteiger partial charge >= 0.3 is 12.0 Å². The third-order valence-corrected chi connectivity index (χ3v) is 6.48. The van der Waals surface area contributed by atoms with Crippen LogP contribution in [0.2, 0.25) is 0 Å². The van der Waals surface area contributed by atoms with Crippen molar-refractivity contribution in [3.63, 3.8) is 0 Å². The molecule has 23 heavy (non-hydrogen) atoms. The Balaban J connectivity index is 1.60. The SMILES string of the molecule is C[C@H](OC(=O)CC12C[C@@H]3C[C@@H](CC(Br)(C3)C1)C2)C(=O)NC(N)=O. The third kappa shape index (κ3) is 3.54. The van der Waals surface area contributed by atoms with E-state index in [1.54, 1.807) is 0 Å². The van der Waals surface area contributed by atoms with Crippen molar-refractivity contribution in [2.24, 2.45) is 23.0 Å². The molecule has 7 heteroatoms. The summed E-state index contributed by atoms with van der Waals surface area (Å²) in [7, 11) is 0. The molecule has 0 heterocycles. The third-order valence-electron chi connectivity index (χ3n) is 5.55. The maximum Gasteiger partial charge on any atom is 0.318 e. The molecule has 2 unspecified atom stereocenters. The van der Waals surface area contributed by atoms with Crippen LogP contribution in [0.5, 0.6) is 0 Å². The lowest BCUT2D eigenvalue weighted by atomic mass is 9.49. The lowest BCUT2D eigenvalue weighted by Crippen LogP contribution is -2.53. The minimum absolute atomic E-state index is 0.00451. The van der Waals surface area contributed by atoms with E-state index < -0.39 is 18.0 Å². The van der Waals surface area contributed by atoms with Crippen LogP contribution in [-0.4, -0.2) is 28.3 Å². The maximum atomic E-state index is 12.3. The van der Waals surface area contributed by atoms with Gasteiger partial charge < -0.3 is 10.5 Å². The van der Waals surface area contributed by atoms with Gasteiger partial charge in [-0.3, -0.25) is 14.9 Å². The molecule has 0 radical (unpaired) electrons. The number of ether oxygens (including phenoxy) is 1. The molecule has 4 aliphatic carbocycles. The molecule has 3 amide bonds. The number of hydrogen-bond donors (Lipinski definition) is 2. The summed E-state index contributed by atoms with van der Waals surface area (Å²) in [6, 6.07) is -0.944. The fourth-order valence-electron chi connectivity index (χ4n) is 5.36. The number of nitrogens with one attached hydrogen (secondary N) is 1. The molecule has 5 atom stereocenters. The second kappa shape index (κ2) is 5.76. The second-order valence-electron chi connectivity index (χ2n) is 7.77. The average Bonchev–Trinajstić information content (AvgIpc) is 2.33. The van der Waals surface area contributed by atoms with Gasteiger partial charge in [0, 0.05) is 4.32 Å². The van der Waals surface area contributed by atoms with Gasteiger partial charge in [0.1, 0.15) is 0 Å². The minimum Gasteiger partial charge on any atom is -0.453 e. The smallest absolute Gasteiger partial charge is 0.318 e. The molecule has 0 spiro atoms. The van der Waals surface area contributed by atoms with Gasteiger partial charge in [0.15, 0.2) is 6.10 Å². The molecule has 4 bridgehead atoms. The summed E-state index contributed by atoms with van der Waals surface area (Å²) in [4.78, 5) is 34.6. The number of primary amides is 1. The van der Waals surface area contributed by atoms with Gasteiger partial charge in [-0.25, -0.2) is 4.79 Å². The van der Waals surface area contributed by atoms with Gasteiger partial charge in [-0.2, -0.15) is 0 Å². The molecule has 4 saturated carbocycles. The maximum absolute atomic E-state index is 12.3. The highest BCUT2D eigenvalue weighted by Gasteiger charge is 2.57. The van der Waals surface area contributed by atoms with Gasteiger partial charge in [0.05, 0.1) is 6.42 Å². The second-order valence-corrected chi connectivity index (χ2v) is 9.46. The summed E-state index contributed by atoms with van der Waals surface area (Å²) in [5.74, 6) is 0.335. The van der Waals surface area contributed by atoms with E-state index in [1.807, 2.05) is 5.32 Å². The number of alkyl halides is 1. The van der Waals surface area contributed by atoms with Crippen molar-refractivity contribution in [1.82, 2.24) is 5.32 Å². The van der Waals surface area contributed by atoms with Crippen LogP contribution in [0.1, 0.15) is 51.9 Å². The first-order valence-corrected chi connectivity index (χ1v) is 8.97. The van der Waals surface area contributed by atoms with E-state index >= 15 is 0 Å². The quantitative estimate of drug-likeness (QED) is 0.571. The molecule has 4 aliphatic rings.